The molecule has 0 unspecified atom stereocenters. The second-order valence-electron chi connectivity index (χ2n) is 6.38. The summed E-state index contributed by atoms with van der Waals surface area (Å²) in [6, 6.07) is 13.9. The second kappa shape index (κ2) is 7.58. The van der Waals surface area contributed by atoms with Gasteiger partial charge in [0.05, 0.1) is 0 Å². The molecule has 2 N–H and O–H groups in total. The van der Waals surface area contributed by atoms with Gasteiger partial charge in [0, 0.05) is 36.5 Å². The fourth-order valence-electron chi connectivity index (χ4n) is 2.54. The van der Waals surface area contributed by atoms with E-state index in [0.29, 0.717) is 10.8 Å². The number of carbonyl (C=O) groups is 1. The number of carbonyl (C=O) groups excluding carboxylic acids is 1. The Morgan fingerprint density at radius 1 is 1.08 bits per heavy atom. The van der Waals surface area contributed by atoms with Gasteiger partial charge in [-0.1, -0.05) is 17.7 Å². The Bertz CT molecular complexity index is 916. The van der Waals surface area contributed by atoms with Crippen molar-refractivity contribution in [1.29, 1.82) is 0 Å². The number of aromatic nitrogens is 1. The highest BCUT2D eigenvalue weighted by Crippen LogP contribution is 2.25. The van der Waals surface area contributed by atoms with Gasteiger partial charge in [-0.25, -0.2) is 4.98 Å². The number of thiazole rings is 1. The maximum Gasteiger partial charge on any atom is 0.275 e. The zero-order chi connectivity index (χ0) is 18.7. The molecule has 0 spiro atoms. The standard InChI is InChI=1S/C20H22N4OS/c1-13-5-10-17(14(2)11-13)22-20-23-18(12-26-20)19(25)21-15-6-8-16(9-7-15)24(3)4/h5-12H,1-4H3,(H,21,25)(H,22,23). The lowest BCUT2D eigenvalue weighted by atomic mass is 10.1. The molecule has 0 saturated heterocycles. The molecular weight excluding hydrogens is 344 g/mol. The Balaban J connectivity index is 1.67. The maximum absolute atomic E-state index is 12.4. The molecule has 0 bridgehead atoms. The monoisotopic (exact) mass is 366 g/mol. The Hall–Kier alpha value is -2.86. The second-order valence-corrected chi connectivity index (χ2v) is 7.23. The molecule has 3 aromatic rings. The van der Waals surface area contributed by atoms with Crippen LogP contribution in [-0.4, -0.2) is 25.0 Å². The molecule has 0 aliphatic carbocycles. The highest BCUT2D eigenvalue weighted by Gasteiger charge is 2.12. The van der Waals surface area contributed by atoms with E-state index in [9.17, 15) is 4.79 Å². The third-order valence-corrected chi connectivity index (χ3v) is 4.76. The summed E-state index contributed by atoms with van der Waals surface area (Å²) in [5, 5.41) is 8.62. The third-order valence-electron chi connectivity index (χ3n) is 4.00. The van der Waals surface area contributed by atoms with Crippen molar-refractivity contribution in [3.63, 3.8) is 0 Å². The van der Waals surface area contributed by atoms with Crippen molar-refractivity contribution in [2.45, 2.75) is 13.8 Å². The van der Waals surface area contributed by atoms with Gasteiger partial charge < -0.3 is 15.5 Å². The van der Waals surface area contributed by atoms with Crippen LogP contribution in [-0.2, 0) is 0 Å². The van der Waals surface area contributed by atoms with E-state index < -0.39 is 0 Å². The van der Waals surface area contributed by atoms with Gasteiger partial charge in [0.1, 0.15) is 5.69 Å². The number of nitrogens with one attached hydrogen (secondary N) is 2. The highest BCUT2D eigenvalue weighted by atomic mass is 32.1. The molecular formula is C20H22N4OS. The van der Waals surface area contributed by atoms with E-state index in [1.807, 2.05) is 62.3 Å². The van der Waals surface area contributed by atoms with Gasteiger partial charge in [-0.15, -0.1) is 11.3 Å². The van der Waals surface area contributed by atoms with Gasteiger partial charge in [-0.2, -0.15) is 0 Å². The van der Waals surface area contributed by atoms with Crippen molar-refractivity contribution >= 4 is 39.4 Å². The van der Waals surface area contributed by atoms with Gasteiger partial charge in [-0.05, 0) is 49.7 Å². The van der Waals surface area contributed by atoms with Crippen molar-refractivity contribution in [3.8, 4) is 0 Å². The number of rotatable bonds is 5. The molecule has 1 aromatic heterocycles. The molecule has 5 nitrogen and oxygen atoms in total. The molecule has 1 heterocycles. The Kier molecular flexibility index (Phi) is 5.23. The van der Waals surface area contributed by atoms with Crippen LogP contribution in [0.1, 0.15) is 21.6 Å². The van der Waals surface area contributed by atoms with E-state index in [1.165, 1.54) is 16.9 Å². The predicted molar refractivity (Wildman–Crippen MR) is 110 cm³/mol. The van der Waals surface area contributed by atoms with Gasteiger partial charge in [0.15, 0.2) is 5.13 Å². The maximum atomic E-state index is 12.4. The fraction of sp³-hybridized carbons (Fsp3) is 0.200. The minimum Gasteiger partial charge on any atom is -0.378 e. The minimum atomic E-state index is -0.215. The summed E-state index contributed by atoms with van der Waals surface area (Å²) in [5.41, 5.74) is 5.59. The average Bonchev–Trinajstić information content (AvgIpc) is 3.07. The first-order chi connectivity index (χ1) is 12.4. The van der Waals surface area contributed by atoms with Crippen LogP contribution in [0.15, 0.2) is 47.8 Å². The lowest BCUT2D eigenvalue weighted by Crippen LogP contribution is -2.13. The van der Waals surface area contributed by atoms with Crippen molar-refractivity contribution in [3.05, 3.63) is 64.7 Å². The number of nitrogens with zero attached hydrogens (tertiary/aromatic N) is 2. The molecule has 26 heavy (non-hydrogen) atoms. The molecule has 0 atom stereocenters. The molecule has 0 radical (unpaired) electrons. The minimum absolute atomic E-state index is 0.215. The Morgan fingerprint density at radius 2 is 1.81 bits per heavy atom. The molecule has 2 aromatic carbocycles. The van der Waals surface area contributed by atoms with Crippen molar-refractivity contribution in [2.24, 2.45) is 0 Å². The number of benzene rings is 2. The Labute approximate surface area is 157 Å². The van der Waals surface area contributed by atoms with Crippen LogP contribution in [0.2, 0.25) is 0 Å². The summed E-state index contributed by atoms with van der Waals surface area (Å²) >= 11 is 1.41. The molecule has 134 valence electrons. The number of amides is 1. The normalized spacial score (nSPS) is 10.5. The topological polar surface area (TPSA) is 57.3 Å². The molecule has 0 aliphatic rings. The van der Waals surface area contributed by atoms with E-state index in [1.54, 1.807) is 5.38 Å². The number of anilines is 4. The zero-order valence-electron chi connectivity index (χ0n) is 15.3. The predicted octanol–water partition coefficient (Wildman–Crippen LogP) is 4.82. The first kappa shape index (κ1) is 17.9. The lowest BCUT2D eigenvalue weighted by Gasteiger charge is -2.12. The average molecular weight is 366 g/mol. The summed E-state index contributed by atoms with van der Waals surface area (Å²) in [6.07, 6.45) is 0. The van der Waals surface area contributed by atoms with E-state index in [2.05, 4.69) is 28.6 Å². The van der Waals surface area contributed by atoms with Crippen LogP contribution in [0.5, 0.6) is 0 Å². The summed E-state index contributed by atoms with van der Waals surface area (Å²) < 4.78 is 0. The first-order valence-corrected chi connectivity index (χ1v) is 9.19. The van der Waals surface area contributed by atoms with Gasteiger partial charge in [0.25, 0.3) is 5.91 Å². The fourth-order valence-corrected chi connectivity index (χ4v) is 3.25. The van der Waals surface area contributed by atoms with Crippen LogP contribution in [0, 0.1) is 13.8 Å². The SMILES string of the molecule is Cc1ccc(Nc2nc(C(=O)Nc3ccc(N(C)C)cc3)cs2)c(C)c1. The van der Waals surface area contributed by atoms with Crippen molar-refractivity contribution in [1.82, 2.24) is 4.98 Å². The lowest BCUT2D eigenvalue weighted by molar-refractivity contribution is 0.102. The van der Waals surface area contributed by atoms with Crippen molar-refractivity contribution in [2.75, 3.05) is 29.6 Å². The highest BCUT2D eigenvalue weighted by molar-refractivity contribution is 7.14. The number of hydrogen-bond donors (Lipinski definition) is 2. The van der Waals surface area contributed by atoms with Gasteiger partial charge in [-0.3, -0.25) is 4.79 Å². The largest absolute Gasteiger partial charge is 0.378 e. The first-order valence-electron chi connectivity index (χ1n) is 8.31. The van der Waals surface area contributed by atoms with Crippen LogP contribution in [0.4, 0.5) is 22.2 Å². The smallest absolute Gasteiger partial charge is 0.275 e. The quantitative estimate of drug-likeness (QED) is 0.679. The summed E-state index contributed by atoms with van der Waals surface area (Å²) in [6.45, 7) is 4.11. The van der Waals surface area contributed by atoms with Crippen LogP contribution in [0.3, 0.4) is 0 Å². The third kappa shape index (κ3) is 4.21. The molecule has 0 fully saturated rings. The number of hydrogen-bond acceptors (Lipinski definition) is 5. The number of aryl methyl sites for hydroxylation is 2. The molecule has 3 rings (SSSR count). The Morgan fingerprint density at radius 3 is 2.46 bits per heavy atom. The van der Waals surface area contributed by atoms with E-state index in [-0.39, 0.29) is 5.91 Å². The molecule has 1 amide bonds. The van der Waals surface area contributed by atoms with E-state index in [0.717, 1.165) is 22.6 Å². The zero-order valence-corrected chi connectivity index (χ0v) is 16.1. The van der Waals surface area contributed by atoms with Gasteiger partial charge >= 0.3 is 0 Å². The molecule has 0 saturated carbocycles. The van der Waals surface area contributed by atoms with E-state index in [4.69, 9.17) is 0 Å². The van der Waals surface area contributed by atoms with Crippen LogP contribution in [0.25, 0.3) is 0 Å². The summed E-state index contributed by atoms with van der Waals surface area (Å²) in [7, 11) is 3.96. The van der Waals surface area contributed by atoms with E-state index >= 15 is 0 Å². The summed E-state index contributed by atoms with van der Waals surface area (Å²) in [4.78, 5) is 18.8. The molecule has 6 heteroatoms. The summed E-state index contributed by atoms with van der Waals surface area (Å²) in [5.74, 6) is -0.215. The molecule has 0 aliphatic heterocycles. The van der Waals surface area contributed by atoms with Crippen LogP contribution < -0.4 is 15.5 Å². The van der Waals surface area contributed by atoms with Crippen molar-refractivity contribution < 1.29 is 4.79 Å². The van der Waals surface area contributed by atoms with Gasteiger partial charge in [0.2, 0.25) is 0 Å². The van der Waals surface area contributed by atoms with Crippen LogP contribution >= 0.6 is 11.3 Å².